The number of piperazine rings is 1. The second-order valence-corrected chi connectivity index (χ2v) is 7.23. The van der Waals surface area contributed by atoms with Crippen LogP contribution in [0.15, 0.2) is 48.5 Å². The van der Waals surface area contributed by atoms with Crippen molar-refractivity contribution in [2.24, 2.45) is 0 Å². The fourth-order valence-corrected chi connectivity index (χ4v) is 3.37. The summed E-state index contributed by atoms with van der Waals surface area (Å²) in [6.07, 6.45) is 0.125. The quantitative estimate of drug-likeness (QED) is 0.727. The summed E-state index contributed by atoms with van der Waals surface area (Å²) in [4.78, 5) is 17.3. The zero-order chi connectivity index (χ0) is 19.9. The molecule has 0 aromatic heterocycles. The van der Waals surface area contributed by atoms with Crippen LogP contribution in [0.2, 0.25) is 0 Å². The molecule has 2 aromatic rings. The summed E-state index contributed by atoms with van der Waals surface area (Å²) in [5.74, 6) is 0.857. The molecule has 1 amide bonds. The smallest absolute Gasteiger partial charge is 0.253 e. The van der Waals surface area contributed by atoms with Crippen molar-refractivity contribution in [1.82, 2.24) is 4.90 Å². The van der Waals surface area contributed by atoms with Crippen molar-refractivity contribution in [1.29, 1.82) is 0 Å². The summed E-state index contributed by atoms with van der Waals surface area (Å²) in [6.45, 7) is 10.1. The minimum atomic E-state index is 0.0709. The predicted molar refractivity (Wildman–Crippen MR) is 112 cm³/mol. The summed E-state index contributed by atoms with van der Waals surface area (Å²) in [5, 5.41) is 0. The number of rotatable bonds is 7. The first-order chi connectivity index (χ1) is 13.6. The normalized spacial score (nSPS) is 14.4. The number of hydrogen-bond donors (Lipinski definition) is 0. The van der Waals surface area contributed by atoms with Gasteiger partial charge in [-0.1, -0.05) is 18.2 Å². The van der Waals surface area contributed by atoms with E-state index in [2.05, 4.69) is 17.0 Å². The highest BCUT2D eigenvalue weighted by atomic mass is 16.5. The second kappa shape index (κ2) is 9.60. The molecule has 3 rings (SSSR count). The largest absolute Gasteiger partial charge is 0.494 e. The first kappa shape index (κ1) is 20.2. The molecule has 28 heavy (non-hydrogen) atoms. The Balaban J connectivity index is 1.67. The van der Waals surface area contributed by atoms with Gasteiger partial charge < -0.3 is 19.3 Å². The van der Waals surface area contributed by atoms with Crippen molar-refractivity contribution < 1.29 is 14.3 Å². The van der Waals surface area contributed by atoms with E-state index >= 15 is 0 Å². The van der Waals surface area contributed by atoms with E-state index in [1.807, 2.05) is 62.1 Å². The van der Waals surface area contributed by atoms with Crippen LogP contribution in [0.4, 0.5) is 5.69 Å². The number of anilines is 1. The zero-order valence-electron chi connectivity index (χ0n) is 17.1. The number of carbonyl (C=O) groups is 1. The zero-order valence-corrected chi connectivity index (χ0v) is 17.1. The van der Waals surface area contributed by atoms with E-state index in [1.165, 1.54) is 5.69 Å². The molecular formula is C23H30N2O3. The van der Waals surface area contributed by atoms with E-state index in [0.29, 0.717) is 18.8 Å². The van der Waals surface area contributed by atoms with Crippen molar-refractivity contribution in [3.05, 3.63) is 59.7 Å². The van der Waals surface area contributed by atoms with E-state index in [1.54, 1.807) is 0 Å². The molecule has 1 aliphatic rings. The molecule has 0 atom stereocenters. The average molecular weight is 383 g/mol. The van der Waals surface area contributed by atoms with Crippen molar-refractivity contribution in [2.75, 3.05) is 37.7 Å². The molecule has 5 nitrogen and oxygen atoms in total. The minimum Gasteiger partial charge on any atom is -0.494 e. The maximum absolute atomic E-state index is 13.0. The Bertz CT molecular complexity index is 769. The Hall–Kier alpha value is -2.53. The van der Waals surface area contributed by atoms with Crippen LogP contribution in [-0.2, 0) is 11.3 Å². The topological polar surface area (TPSA) is 42.0 Å². The third kappa shape index (κ3) is 5.04. The van der Waals surface area contributed by atoms with Crippen LogP contribution in [0.25, 0.3) is 0 Å². The van der Waals surface area contributed by atoms with Crippen molar-refractivity contribution in [2.45, 2.75) is 33.5 Å². The fourth-order valence-electron chi connectivity index (χ4n) is 3.37. The highest BCUT2D eigenvalue weighted by Crippen LogP contribution is 2.23. The Kier molecular flexibility index (Phi) is 6.93. The standard InChI is InChI=1S/C23H30N2O3/c1-4-27-22-11-10-19(16-20(22)17-28-18(2)3)23(26)25-14-12-24(13-15-25)21-8-6-5-7-9-21/h5-11,16,18H,4,12-15,17H2,1-3H3. The summed E-state index contributed by atoms with van der Waals surface area (Å²) >= 11 is 0. The van der Waals surface area contributed by atoms with Crippen LogP contribution < -0.4 is 9.64 Å². The van der Waals surface area contributed by atoms with Gasteiger partial charge in [-0.3, -0.25) is 4.79 Å². The lowest BCUT2D eigenvalue weighted by molar-refractivity contribution is 0.0639. The molecule has 1 aliphatic heterocycles. The van der Waals surface area contributed by atoms with Crippen molar-refractivity contribution >= 4 is 11.6 Å². The van der Waals surface area contributed by atoms with Crippen molar-refractivity contribution in [3.8, 4) is 5.75 Å². The number of para-hydroxylation sites is 1. The molecule has 0 unspecified atom stereocenters. The number of benzene rings is 2. The molecule has 0 spiro atoms. The molecule has 1 heterocycles. The summed E-state index contributed by atoms with van der Waals surface area (Å²) in [5.41, 5.74) is 2.83. The molecule has 150 valence electrons. The Morgan fingerprint density at radius 1 is 1.04 bits per heavy atom. The monoisotopic (exact) mass is 382 g/mol. The minimum absolute atomic E-state index is 0.0709. The highest BCUT2D eigenvalue weighted by Gasteiger charge is 2.23. The van der Waals surface area contributed by atoms with Gasteiger partial charge in [-0.2, -0.15) is 0 Å². The molecule has 0 aliphatic carbocycles. The summed E-state index contributed by atoms with van der Waals surface area (Å²) in [7, 11) is 0. The van der Waals surface area contributed by atoms with Crippen LogP contribution in [0.1, 0.15) is 36.7 Å². The van der Waals surface area contributed by atoms with Gasteiger partial charge >= 0.3 is 0 Å². The van der Waals surface area contributed by atoms with Crippen LogP contribution >= 0.6 is 0 Å². The first-order valence-electron chi connectivity index (χ1n) is 10.0. The van der Waals surface area contributed by atoms with Gasteiger partial charge in [0.05, 0.1) is 19.3 Å². The molecule has 0 N–H and O–H groups in total. The van der Waals surface area contributed by atoms with Crippen LogP contribution in [0.3, 0.4) is 0 Å². The third-order valence-corrected chi connectivity index (χ3v) is 4.87. The molecule has 0 saturated carbocycles. The van der Waals surface area contributed by atoms with E-state index < -0.39 is 0 Å². The second-order valence-electron chi connectivity index (χ2n) is 7.23. The lowest BCUT2D eigenvalue weighted by Crippen LogP contribution is -2.48. The highest BCUT2D eigenvalue weighted by molar-refractivity contribution is 5.94. The Labute approximate surface area is 167 Å². The number of hydrogen-bond acceptors (Lipinski definition) is 4. The molecule has 5 heteroatoms. The van der Waals surface area contributed by atoms with Gasteiger partial charge in [-0.05, 0) is 51.1 Å². The fraction of sp³-hybridized carbons (Fsp3) is 0.435. The Morgan fingerprint density at radius 2 is 1.75 bits per heavy atom. The van der Waals surface area contributed by atoms with Gasteiger partial charge in [0.2, 0.25) is 0 Å². The SMILES string of the molecule is CCOc1ccc(C(=O)N2CCN(c3ccccc3)CC2)cc1COC(C)C. The molecule has 2 aromatic carbocycles. The van der Waals surface area contributed by atoms with Gasteiger partial charge in [0.15, 0.2) is 0 Å². The van der Waals surface area contributed by atoms with Crippen LogP contribution in [0.5, 0.6) is 5.75 Å². The number of carbonyl (C=O) groups excluding carboxylic acids is 1. The lowest BCUT2D eigenvalue weighted by Gasteiger charge is -2.36. The average Bonchev–Trinajstić information content (AvgIpc) is 2.73. The van der Waals surface area contributed by atoms with Gasteiger partial charge in [0.1, 0.15) is 5.75 Å². The van der Waals surface area contributed by atoms with Gasteiger partial charge in [0, 0.05) is 43.0 Å². The van der Waals surface area contributed by atoms with Crippen molar-refractivity contribution in [3.63, 3.8) is 0 Å². The van der Waals surface area contributed by atoms with E-state index in [4.69, 9.17) is 9.47 Å². The number of nitrogens with zero attached hydrogens (tertiary/aromatic N) is 2. The van der Waals surface area contributed by atoms with Crippen LogP contribution in [0, 0.1) is 0 Å². The van der Waals surface area contributed by atoms with Gasteiger partial charge in [-0.25, -0.2) is 0 Å². The van der Waals surface area contributed by atoms with E-state index in [-0.39, 0.29) is 12.0 Å². The van der Waals surface area contributed by atoms with Crippen LogP contribution in [-0.4, -0.2) is 49.7 Å². The Morgan fingerprint density at radius 3 is 2.39 bits per heavy atom. The maximum Gasteiger partial charge on any atom is 0.253 e. The summed E-state index contributed by atoms with van der Waals surface area (Å²) in [6, 6.07) is 16.0. The molecule has 1 saturated heterocycles. The predicted octanol–water partition coefficient (Wildman–Crippen LogP) is 3.97. The summed E-state index contributed by atoms with van der Waals surface area (Å²) < 4.78 is 11.4. The van der Waals surface area contributed by atoms with E-state index in [0.717, 1.165) is 37.5 Å². The maximum atomic E-state index is 13.0. The first-order valence-corrected chi connectivity index (χ1v) is 10.0. The molecule has 0 radical (unpaired) electrons. The number of amides is 1. The number of ether oxygens (including phenoxy) is 2. The molecular weight excluding hydrogens is 352 g/mol. The molecule has 1 fully saturated rings. The lowest BCUT2D eigenvalue weighted by atomic mass is 10.1. The van der Waals surface area contributed by atoms with E-state index in [9.17, 15) is 4.79 Å². The van der Waals surface area contributed by atoms with Gasteiger partial charge in [-0.15, -0.1) is 0 Å². The van der Waals surface area contributed by atoms with Gasteiger partial charge in [0.25, 0.3) is 5.91 Å². The third-order valence-electron chi connectivity index (χ3n) is 4.87. The molecule has 0 bridgehead atoms.